The predicted molar refractivity (Wildman–Crippen MR) is 119 cm³/mol. The van der Waals surface area contributed by atoms with Crippen molar-refractivity contribution in [2.75, 3.05) is 33.8 Å². The molecule has 0 bridgehead atoms. The summed E-state index contributed by atoms with van der Waals surface area (Å²) in [6.07, 6.45) is 3.00. The van der Waals surface area contributed by atoms with Gasteiger partial charge in [0, 0.05) is 30.6 Å². The lowest BCUT2D eigenvalue weighted by Gasteiger charge is -2.37. The van der Waals surface area contributed by atoms with Crippen LogP contribution >= 0.6 is 0 Å². The fraction of sp³-hybridized carbons (Fsp3) is 0.652. The summed E-state index contributed by atoms with van der Waals surface area (Å²) in [4.78, 5) is 2.09. The van der Waals surface area contributed by atoms with E-state index in [1.54, 1.807) is 19.1 Å². The zero-order valence-corrected chi connectivity index (χ0v) is 19.7. The van der Waals surface area contributed by atoms with Crippen LogP contribution in [0.4, 0.5) is 0 Å². The number of benzene rings is 1. The van der Waals surface area contributed by atoms with E-state index in [-0.39, 0.29) is 35.8 Å². The molecule has 8 heteroatoms. The molecule has 1 aromatic rings. The molecule has 1 aliphatic heterocycles. The third kappa shape index (κ3) is 5.41. The molecule has 2 aliphatic rings. The largest absolute Gasteiger partial charge is 0.487 e. The third-order valence-corrected chi connectivity index (χ3v) is 8.10. The monoisotopic (exact) mass is 450 g/mol. The summed E-state index contributed by atoms with van der Waals surface area (Å²) in [6.45, 7) is 4.29. The molecule has 1 saturated carbocycles. The first-order chi connectivity index (χ1) is 14.6. The van der Waals surface area contributed by atoms with Crippen LogP contribution in [0.15, 0.2) is 23.1 Å². The maximum atomic E-state index is 13.4. The molecule has 31 heavy (non-hydrogen) atoms. The summed E-state index contributed by atoms with van der Waals surface area (Å²) in [5, 5.41) is 20.2. The molecule has 172 valence electrons. The van der Waals surface area contributed by atoms with Gasteiger partial charge in [-0.25, -0.2) is 8.42 Å². The van der Waals surface area contributed by atoms with Gasteiger partial charge in [0.05, 0.1) is 6.61 Å². The van der Waals surface area contributed by atoms with E-state index in [1.165, 1.54) is 10.4 Å². The zero-order valence-electron chi connectivity index (χ0n) is 18.8. The number of aliphatic hydroxyl groups is 2. The van der Waals surface area contributed by atoms with Crippen LogP contribution in [0.3, 0.4) is 0 Å². The first-order valence-corrected chi connectivity index (χ1v) is 12.3. The number of aliphatic hydroxyl groups excluding tert-OH is 1. The molecule has 0 saturated heterocycles. The average Bonchev–Trinajstić information content (AvgIpc) is 3.15. The lowest BCUT2D eigenvalue weighted by molar-refractivity contribution is 0.0812. The molecule has 0 amide bonds. The summed E-state index contributed by atoms with van der Waals surface area (Å²) in [5.41, 5.74) is -0.361. The Bertz CT molecular complexity index is 944. The Labute approximate surface area is 186 Å². The Hall–Kier alpha value is -1.63. The maximum absolute atomic E-state index is 13.4. The van der Waals surface area contributed by atoms with Crippen LogP contribution in [0.2, 0.25) is 0 Å². The van der Waals surface area contributed by atoms with Crippen molar-refractivity contribution >= 4 is 10.0 Å². The Morgan fingerprint density at radius 3 is 2.61 bits per heavy atom. The minimum absolute atomic E-state index is 0.0774. The van der Waals surface area contributed by atoms with Crippen LogP contribution in [0.25, 0.3) is 0 Å². The second kappa shape index (κ2) is 9.47. The lowest BCUT2D eigenvalue weighted by atomic mass is 10.0. The van der Waals surface area contributed by atoms with Gasteiger partial charge in [-0.1, -0.05) is 18.8 Å². The standard InChI is InChI=1S/C23H34N2O5S/c1-17-14-25(18(2)16-26)31(28,29)22-8-7-19(9-12-23(27)10-5-6-11-23)13-20(22)30-21(17)15-24(3)4/h7-8,13,17-18,21,26-27H,5-6,10-11,14-16H2,1-4H3/t17-,18-,21+/m0/s1. The summed E-state index contributed by atoms with van der Waals surface area (Å²) in [7, 11) is 0.0374. The summed E-state index contributed by atoms with van der Waals surface area (Å²) >= 11 is 0. The highest BCUT2D eigenvalue weighted by Gasteiger charge is 2.38. The van der Waals surface area contributed by atoms with Crippen molar-refractivity contribution in [3.63, 3.8) is 0 Å². The molecule has 1 heterocycles. The van der Waals surface area contributed by atoms with E-state index in [0.29, 0.717) is 24.9 Å². The van der Waals surface area contributed by atoms with E-state index in [0.717, 1.165) is 12.8 Å². The third-order valence-electron chi connectivity index (χ3n) is 6.08. The molecule has 0 radical (unpaired) electrons. The van der Waals surface area contributed by atoms with E-state index >= 15 is 0 Å². The molecular formula is C23H34N2O5S. The number of ether oxygens (including phenoxy) is 1. The Morgan fingerprint density at radius 2 is 2.00 bits per heavy atom. The smallest absolute Gasteiger partial charge is 0.247 e. The fourth-order valence-corrected chi connectivity index (χ4v) is 5.98. The van der Waals surface area contributed by atoms with Crippen LogP contribution < -0.4 is 4.74 Å². The normalized spacial score (nSPS) is 26.2. The van der Waals surface area contributed by atoms with Gasteiger partial charge < -0.3 is 19.8 Å². The van der Waals surface area contributed by atoms with Crippen LogP contribution in [0.1, 0.15) is 45.1 Å². The van der Waals surface area contributed by atoms with Crippen molar-refractivity contribution in [1.29, 1.82) is 0 Å². The van der Waals surface area contributed by atoms with Gasteiger partial charge in [0.15, 0.2) is 0 Å². The van der Waals surface area contributed by atoms with Gasteiger partial charge in [-0.2, -0.15) is 4.31 Å². The van der Waals surface area contributed by atoms with Gasteiger partial charge in [-0.15, -0.1) is 0 Å². The molecule has 0 aromatic heterocycles. The van der Waals surface area contributed by atoms with E-state index < -0.39 is 21.7 Å². The average molecular weight is 451 g/mol. The SMILES string of the molecule is C[C@H]1CN([C@@H](C)CO)S(=O)(=O)c2ccc(C#CC3(O)CCCC3)cc2O[C@@H]1CN(C)C. The van der Waals surface area contributed by atoms with Crippen LogP contribution in [-0.2, 0) is 10.0 Å². The number of hydrogen-bond acceptors (Lipinski definition) is 6. The quantitative estimate of drug-likeness (QED) is 0.679. The fourth-order valence-electron chi connectivity index (χ4n) is 4.15. The Kier molecular flexibility index (Phi) is 7.34. The second-order valence-corrected chi connectivity index (χ2v) is 11.0. The lowest BCUT2D eigenvalue weighted by Crippen LogP contribution is -2.49. The molecule has 3 atom stereocenters. The number of fused-ring (bicyclic) bond motifs is 1. The van der Waals surface area contributed by atoms with E-state index in [4.69, 9.17) is 4.74 Å². The highest BCUT2D eigenvalue weighted by molar-refractivity contribution is 7.89. The number of rotatable bonds is 4. The summed E-state index contributed by atoms with van der Waals surface area (Å²) in [5.74, 6) is 6.15. The van der Waals surface area contributed by atoms with Crippen molar-refractivity contribution in [2.45, 2.75) is 62.2 Å². The van der Waals surface area contributed by atoms with Crippen molar-refractivity contribution in [3.8, 4) is 17.6 Å². The molecule has 3 rings (SSSR count). The molecule has 2 N–H and O–H groups in total. The number of hydrogen-bond donors (Lipinski definition) is 2. The van der Waals surface area contributed by atoms with Gasteiger partial charge in [0.1, 0.15) is 22.4 Å². The molecule has 0 spiro atoms. The molecule has 1 aliphatic carbocycles. The highest BCUT2D eigenvalue weighted by atomic mass is 32.2. The maximum Gasteiger partial charge on any atom is 0.247 e. The molecule has 0 unspecified atom stereocenters. The number of sulfonamides is 1. The van der Waals surface area contributed by atoms with E-state index in [9.17, 15) is 18.6 Å². The topological polar surface area (TPSA) is 90.3 Å². The van der Waals surface area contributed by atoms with Crippen molar-refractivity contribution in [1.82, 2.24) is 9.21 Å². The van der Waals surface area contributed by atoms with Crippen molar-refractivity contribution in [3.05, 3.63) is 23.8 Å². The molecule has 1 fully saturated rings. The Balaban J connectivity index is 2.06. The van der Waals surface area contributed by atoms with Crippen LogP contribution in [0.5, 0.6) is 5.75 Å². The number of likely N-dealkylation sites (N-methyl/N-ethyl adjacent to an activating group) is 1. The van der Waals surface area contributed by atoms with Gasteiger partial charge in [0.2, 0.25) is 10.0 Å². The first kappa shape index (κ1) is 24.0. The first-order valence-electron chi connectivity index (χ1n) is 10.9. The molecular weight excluding hydrogens is 416 g/mol. The number of nitrogens with zero attached hydrogens (tertiary/aromatic N) is 2. The highest BCUT2D eigenvalue weighted by Crippen LogP contribution is 2.34. The van der Waals surface area contributed by atoms with Gasteiger partial charge in [-0.3, -0.25) is 0 Å². The Morgan fingerprint density at radius 1 is 1.32 bits per heavy atom. The van der Waals surface area contributed by atoms with E-state index in [2.05, 4.69) is 11.8 Å². The molecule has 1 aromatic carbocycles. The molecule has 7 nitrogen and oxygen atoms in total. The predicted octanol–water partition coefficient (Wildman–Crippen LogP) is 1.67. The van der Waals surface area contributed by atoms with E-state index in [1.807, 2.05) is 25.9 Å². The second-order valence-electron chi connectivity index (χ2n) is 9.15. The zero-order chi connectivity index (χ0) is 22.8. The minimum atomic E-state index is -3.86. The van der Waals surface area contributed by atoms with Gasteiger partial charge >= 0.3 is 0 Å². The van der Waals surface area contributed by atoms with Gasteiger partial charge in [-0.05, 0) is 64.9 Å². The van der Waals surface area contributed by atoms with Crippen LogP contribution in [-0.4, -0.2) is 79.4 Å². The summed E-state index contributed by atoms with van der Waals surface area (Å²) in [6, 6.07) is 4.28. The summed E-state index contributed by atoms with van der Waals surface area (Å²) < 4.78 is 34.5. The van der Waals surface area contributed by atoms with Crippen molar-refractivity contribution in [2.24, 2.45) is 5.92 Å². The van der Waals surface area contributed by atoms with Crippen molar-refractivity contribution < 1.29 is 23.4 Å². The minimum Gasteiger partial charge on any atom is -0.487 e. The van der Waals surface area contributed by atoms with Crippen LogP contribution in [0, 0.1) is 17.8 Å². The van der Waals surface area contributed by atoms with Gasteiger partial charge in [0.25, 0.3) is 0 Å².